The van der Waals surface area contributed by atoms with Gasteiger partial charge in [-0.2, -0.15) is 0 Å². The van der Waals surface area contributed by atoms with E-state index in [-0.39, 0.29) is 0 Å². The minimum absolute atomic E-state index is 0.603. The van der Waals surface area contributed by atoms with Crippen LogP contribution in [0.2, 0.25) is 0 Å². The Bertz CT molecular complexity index is 722. The van der Waals surface area contributed by atoms with Gasteiger partial charge >= 0.3 is 0 Å². The summed E-state index contributed by atoms with van der Waals surface area (Å²) in [6, 6.07) is 14.0. The van der Waals surface area contributed by atoms with Gasteiger partial charge in [-0.05, 0) is 29.8 Å². The molecule has 3 aromatic rings. The molecule has 0 aliphatic heterocycles. The van der Waals surface area contributed by atoms with Crippen molar-refractivity contribution >= 4 is 16.6 Å². The number of methoxy groups -OCH3 is 1. The molecular formula is C16H15N3O. The van der Waals surface area contributed by atoms with Crippen molar-refractivity contribution in [1.29, 1.82) is 0 Å². The first kappa shape index (κ1) is 12.4. The molecule has 0 spiro atoms. The third kappa shape index (κ3) is 2.40. The summed E-state index contributed by atoms with van der Waals surface area (Å²) in [7, 11) is 1.62. The summed E-state index contributed by atoms with van der Waals surface area (Å²) >= 11 is 0. The largest absolute Gasteiger partial charge is 0.480 e. The first-order chi connectivity index (χ1) is 9.88. The van der Waals surface area contributed by atoms with E-state index < -0.39 is 0 Å². The SMILES string of the molecule is COc1ncccc1NCc1ccnc2ccccc12. The number of para-hydroxylation sites is 1. The zero-order chi connectivity index (χ0) is 13.8. The average molecular weight is 265 g/mol. The van der Waals surface area contributed by atoms with E-state index in [1.54, 1.807) is 13.3 Å². The molecule has 0 unspecified atom stereocenters. The maximum atomic E-state index is 5.24. The second kappa shape index (κ2) is 5.57. The van der Waals surface area contributed by atoms with Crippen LogP contribution in [0.4, 0.5) is 5.69 Å². The van der Waals surface area contributed by atoms with Crippen molar-refractivity contribution in [2.24, 2.45) is 0 Å². The number of benzene rings is 1. The third-order valence-electron chi connectivity index (χ3n) is 3.17. The van der Waals surface area contributed by atoms with Crippen LogP contribution in [-0.2, 0) is 6.54 Å². The van der Waals surface area contributed by atoms with Gasteiger partial charge in [-0.1, -0.05) is 18.2 Å². The lowest BCUT2D eigenvalue weighted by molar-refractivity contribution is 0.399. The standard InChI is InChI=1S/C16H15N3O/c1-20-16-15(7-4-9-18-16)19-11-12-8-10-17-14-6-3-2-5-13(12)14/h2-10,19H,11H2,1H3. The monoisotopic (exact) mass is 265 g/mol. The van der Waals surface area contributed by atoms with Gasteiger partial charge in [0.1, 0.15) is 0 Å². The fraction of sp³-hybridized carbons (Fsp3) is 0.125. The van der Waals surface area contributed by atoms with Gasteiger partial charge in [0.2, 0.25) is 5.88 Å². The predicted octanol–water partition coefficient (Wildman–Crippen LogP) is 3.25. The van der Waals surface area contributed by atoms with Crippen molar-refractivity contribution in [3.63, 3.8) is 0 Å². The number of rotatable bonds is 4. The fourth-order valence-corrected chi connectivity index (χ4v) is 2.19. The van der Waals surface area contributed by atoms with Crippen LogP contribution in [0.3, 0.4) is 0 Å². The van der Waals surface area contributed by atoms with Gasteiger partial charge in [-0.15, -0.1) is 0 Å². The number of nitrogens with one attached hydrogen (secondary N) is 1. The van der Waals surface area contributed by atoms with Crippen LogP contribution in [0.15, 0.2) is 54.9 Å². The van der Waals surface area contributed by atoms with E-state index in [0.29, 0.717) is 12.4 Å². The predicted molar refractivity (Wildman–Crippen MR) is 79.9 cm³/mol. The normalized spacial score (nSPS) is 10.4. The Labute approximate surface area is 117 Å². The van der Waals surface area contributed by atoms with Crippen molar-refractivity contribution < 1.29 is 4.74 Å². The Balaban J connectivity index is 1.87. The van der Waals surface area contributed by atoms with Crippen molar-refractivity contribution in [2.45, 2.75) is 6.54 Å². The van der Waals surface area contributed by atoms with Crippen LogP contribution < -0.4 is 10.1 Å². The molecular weight excluding hydrogens is 250 g/mol. The molecule has 0 bridgehead atoms. The number of hydrogen-bond donors (Lipinski definition) is 1. The lowest BCUT2D eigenvalue weighted by Gasteiger charge is -2.11. The quantitative estimate of drug-likeness (QED) is 0.786. The second-order valence-electron chi connectivity index (χ2n) is 4.40. The highest BCUT2D eigenvalue weighted by Gasteiger charge is 2.04. The number of hydrogen-bond acceptors (Lipinski definition) is 4. The van der Waals surface area contributed by atoms with E-state index in [0.717, 1.165) is 16.6 Å². The highest BCUT2D eigenvalue weighted by atomic mass is 16.5. The Hall–Kier alpha value is -2.62. The molecule has 4 heteroatoms. The van der Waals surface area contributed by atoms with E-state index in [9.17, 15) is 0 Å². The maximum absolute atomic E-state index is 5.24. The van der Waals surface area contributed by atoms with Crippen LogP contribution in [0.5, 0.6) is 5.88 Å². The molecule has 0 radical (unpaired) electrons. The Morgan fingerprint density at radius 2 is 1.90 bits per heavy atom. The molecule has 100 valence electrons. The molecule has 20 heavy (non-hydrogen) atoms. The minimum atomic E-state index is 0.603. The molecule has 0 fully saturated rings. The average Bonchev–Trinajstić information content (AvgIpc) is 2.53. The number of aromatic nitrogens is 2. The fourth-order valence-electron chi connectivity index (χ4n) is 2.19. The van der Waals surface area contributed by atoms with Gasteiger partial charge in [0.25, 0.3) is 0 Å². The van der Waals surface area contributed by atoms with Crippen LogP contribution in [0, 0.1) is 0 Å². The zero-order valence-corrected chi connectivity index (χ0v) is 11.2. The molecule has 2 aromatic heterocycles. The summed E-state index contributed by atoms with van der Waals surface area (Å²) in [5, 5.41) is 4.52. The number of ether oxygens (including phenoxy) is 1. The van der Waals surface area contributed by atoms with E-state index >= 15 is 0 Å². The van der Waals surface area contributed by atoms with Gasteiger partial charge in [-0.25, -0.2) is 4.98 Å². The van der Waals surface area contributed by atoms with E-state index in [1.165, 1.54) is 5.56 Å². The first-order valence-corrected chi connectivity index (χ1v) is 6.44. The zero-order valence-electron chi connectivity index (χ0n) is 11.2. The third-order valence-corrected chi connectivity index (χ3v) is 3.17. The highest BCUT2D eigenvalue weighted by molar-refractivity contribution is 5.82. The highest BCUT2D eigenvalue weighted by Crippen LogP contribution is 2.22. The molecule has 0 amide bonds. The second-order valence-corrected chi connectivity index (χ2v) is 4.40. The number of pyridine rings is 2. The van der Waals surface area contributed by atoms with Gasteiger partial charge < -0.3 is 10.1 Å². The molecule has 0 atom stereocenters. The first-order valence-electron chi connectivity index (χ1n) is 6.44. The smallest absolute Gasteiger partial charge is 0.237 e. The molecule has 2 heterocycles. The van der Waals surface area contributed by atoms with Crippen LogP contribution >= 0.6 is 0 Å². The molecule has 4 nitrogen and oxygen atoms in total. The van der Waals surface area contributed by atoms with Gasteiger partial charge in [-0.3, -0.25) is 4.98 Å². The summed E-state index contributed by atoms with van der Waals surface area (Å²) in [5.74, 6) is 0.603. The Kier molecular flexibility index (Phi) is 3.46. The minimum Gasteiger partial charge on any atom is -0.480 e. The molecule has 0 aliphatic carbocycles. The lowest BCUT2D eigenvalue weighted by Crippen LogP contribution is -2.03. The van der Waals surface area contributed by atoms with Crippen molar-refractivity contribution in [1.82, 2.24) is 9.97 Å². The topological polar surface area (TPSA) is 47.0 Å². The number of nitrogens with zero attached hydrogens (tertiary/aromatic N) is 2. The molecule has 0 aliphatic rings. The van der Waals surface area contributed by atoms with Crippen molar-refractivity contribution in [3.8, 4) is 5.88 Å². The van der Waals surface area contributed by atoms with E-state index in [2.05, 4.69) is 21.4 Å². The van der Waals surface area contributed by atoms with Crippen molar-refractivity contribution in [3.05, 3.63) is 60.4 Å². The summed E-state index contributed by atoms with van der Waals surface area (Å²) < 4.78 is 5.24. The summed E-state index contributed by atoms with van der Waals surface area (Å²) in [4.78, 5) is 8.54. The maximum Gasteiger partial charge on any atom is 0.237 e. The van der Waals surface area contributed by atoms with Crippen LogP contribution in [0.1, 0.15) is 5.56 Å². The van der Waals surface area contributed by atoms with E-state index in [1.807, 2.05) is 42.6 Å². The molecule has 1 aromatic carbocycles. The van der Waals surface area contributed by atoms with Crippen molar-refractivity contribution in [2.75, 3.05) is 12.4 Å². The Morgan fingerprint density at radius 3 is 2.80 bits per heavy atom. The molecule has 3 rings (SSSR count). The molecule has 0 saturated carbocycles. The molecule has 0 saturated heterocycles. The van der Waals surface area contributed by atoms with Crippen LogP contribution in [-0.4, -0.2) is 17.1 Å². The summed E-state index contributed by atoms with van der Waals surface area (Å²) in [6.45, 7) is 0.699. The summed E-state index contributed by atoms with van der Waals surface area (Å²) in [5.41, 5.74) is 3.09. The number of anilines is 1. The van der Waals surface area contributed by atoms with E-state index in [4.69, 9.17) is 4.74 Å². The van der Waals surface area contributed by atoms with Crippen LogP contribution in [0.25, 0.3) is 10.9 Å². The summed E-state index contributed by atoms with van der Waals surface area (Å²) in [6.07, 6.45) is 3.55. The lowest BCUT2D eigenvalue weighted by atomic mass is 10.1. The van der Waals surface area contributed by atoms with Gasteiger partial charge in [0.05, 0.1) is 18.3 Å². The molecule has 1 N–H and O–H groups in total. The van der Waals surface area contributed by atoms with Gasteiger partial charge in [0.15, 0.2) is 0 Å². The number of fused-ring (bicyclic) bond motifs is 1. The Morgan fingerprint density at radius 1 is 1.00 bits per heavy atom. The van der Waals surface area contributed by atoms with Gasteiger partial charge in [0, 0.05) is 24.3 Å².